The third kappa shape index (κ3) is 4.80. The SMILES string of the molecule is CCCCC(CC)CC(=O)N1CCC(C(=O)O)C(C)C1. The number of carbonyl (C=O) groups is 2. The monoisotopic (exact) mass is 283 g/mol. The zero-order valence-corrected chi connectivity index (χ0v) is 13.1. The van der Waals surface area contributed by atoms with Gasteiger partial charge >= 0.3 is 5.97 Å². The van der Waals surface area contributed by atoms with E-state index in [1.54, 1.807) is 0 Å². The molecule has 4 nitrogen and oxygen atoms in total. The number of hydrogen-bond acceptors (Lipinski definition) is 2. The third-order valence-corrected chi connectivity index (χ3v) is 4.58. The number of aliphatic carboxylic acids is 1. The van der Waals surface area contributed by atoms with Gasteiger partial charge < -0.3 is 10.0 Å². The van der Waals surface area contributed by atoms with Gasteiger partial charge in [0.05, 0.1) is 5.92 Å². The van der Waals surface area contributed by atoms with Crippen molar-refractivity contribution in [2.75, 3.05) is 13.1 Å². The first-order chi connectivity index (χ1) is 9.49. The maximum atomic E-state index is 12.3. The summed E-state index contributed by atoms with van der Waals surface area (Å²) in [7, 11) is 0. The third-order valence-electron chi connectivity index (χ3n) is 4.58. The molecular weight excluding hydrogens is 254 g/mol. The molecule has 1 amide bonds. The summed E-state index contributed by atoms with van der Waals surface area (Å²) in [5, 5.41) is 9.11. The minimum absolute atomic E-state index is 0.0564. The molecule has 0 saturated carbocycles. The first-order valence-corrected chi connectivity index (χ1v) is 8.00. The Morgan fingerprint density at radius 1 is 1.35 bits per heavy atom. The average molecular weight is 283 g/mol. The van der Waals surface area contributed by atoms with Gasteiger partial charge in [-0.15, -0.1) is 0 Å². The fourth-order valence-electron chi connectivity index (χ4n) is 3.06. The Labute approximate surface area is 122 Å². The Morgan fingerprint density at radius 2 is 2.05 bits per heavy atom. The number of amides is 1. The van der Waals surface area contributed by atoms with Gasteiger partial charge in [-0.05, 0) is 24.7 Å². The minimum Gasteiger partial charge on any atom is -0.481 e. The van der Waals surface area contributed by atoms with Crippen LogP contribution in [0.25, 0.3) is 0 Å². The van der Waals surface area contributed by atoms with Gasteiger partial charge in [0.2, 0.25) is 5.91 Å². The molecule has 0 bridgehead atoms. The average Bonchev–Trinajstić information content (AvgIpc) is 2.42. The van der Waals surface area contributed by atoms with Gasteiger partial charge in [0.15, 0.2) is 0 Å². The van der Waals surface area contributed by atoms with Crippen molar-refractivity contribution in [3.05, 3.63) is 0 Å². The Bertz CT molecular complexity index is 330. The highest BCUT2D eigenvalue weighted by atomic mass is 16.4. The quantitative estimate of drug-likeness (QED) is 0.780. The number of likely N-dealkylation sites (tertiary alicyclic amines) is 1. The van der Waals surface area contributed by atoms with Crippen molar-refractivity contribution in [1.82, 2.24) is 4.90 Å². The van der Waals surface area contributed by atoms with Crippen LogP contribution in [0, 0.1) is 17.8 Å². The molecule has 20 heavy (non-hydrogen) atoms. The van der Waals surface area contributed by atoms with Gasteiger partial charge in [-0.3, -0.25) is 9.59 Å². The second kappa shape index (κ2) is 8.28. The van der Waals surface area contributed by atoms with Crippen molar-refractivity contribution < 1.29 is 14.7 Å². The molecule has 0 aromatic rings. The summed E-state index contributed by atoms with van der Waals surface area (Å²) < 4.78 is 0. The van der Waals surface area contributed by atoms with Crippen molar-refractivity contribution in [2.45, 2.75) is 59.3 Å². The summed E-state index contributed by atoms with van der Waals surface area (Å²) in [5.74, 6) is -0.264. The number of nitrogens with zero attached hydrogens (tertiary/aromatic N) is 1. The van der Waals surface area contributed by atoms with Crippen LogP contribution in [0.2, 0.25) is 0 Å². The van der Waals surface area contributed by atoms with Gasteiger partial charge in [-0.1, -0.05) is 40.0 Å². The predicted molar refractivity (Wildman–Crippen MR) is 79.4 cm³/mol. The Morgan fingerprint density at radius 3 is 2.55 bits per heavy atom. The van der Waals surface area contributed by atoms with Crippen LogP contribution in [-0.4, -0.2) is 35.0 Å². The topological polar surface area (TPSA) is 57.6 Å². The molecule has 3 unspecified atom stereocenters. The van der Waals surface area contributed by atoms with Gasteiger partial charge in [-0.25, -0.2) is 0 Å². The van der Waals surface area contributed by atoms with E-state index in [0.717, 1.165) is 12.8 Å². The number of piperidine rings is 1. The van der Waals surface area contributed by atoms with Crippen LogP contribution in [0.4, 0.5) is 0 Å². The van der Waals surface area contributed by atoms with Gasteiger partial charge in [0.25, 0.3) is 0 Å². The highest BCUT2D eigenvalue weighted by Gasteiger charge is 2.33. The van der Waals surface area contributed by atoms with E-state index >= 15 is 0 Å². The summed E-state index contributed by atoms with van der Waals surface area (Å²) in [4.78, 5) is 25.3. The van der Waals surface area contributed by atoms with Crippen LogP contribution in [0.15, 0.2) is 0 Å². The van der Waals surface area contributed by atoms with Crippen LogP contribution in [-0.2, 0) is 9.59 Å². The Hall–Kier alpha value is -1.06. The van der Waals surface area contributed by atoms with Crippen molar-refractivity contribution in [3.8, 4) is 0 Å². The van der Waals surface area contributed by atoms with E-state index in [0.29, 0.717) is 31.8 Å². The highest BCUT2D eigenvalue weighted by Crippen LogP contribution is 2.25. The predicted octanol–water partition coefficient (Wildman–Crippen LogP) is 3.16. The zero-order valence-electron chi connectivity index (χ0n) is 13.1. The van der Waals surface area contributed by atoms with Gasteiger partial charge in [0.1, 0.15) is 0 Å². The molecule has 0 aliphatic carbocycles. The molecule has 0 spiro atoms. The lowest BCUT2D eigenvalue weighted by atomic mass is 9.86. The molecule has 1 aliphatic rings. The summed E-state index contributed by atoms with van der Waals surface area (Å²) in [6.07, 6.45) is 5.75. The maximum Gasteiger partial charge on any atom is 0.306 e. The summed E-state index contributed by atoms with van der Waals surface area (Å²) in [5.41, 5.74) is 0. The van der Waals surface area contributed by atoms with Crippen molar-refractivity contribution in [1.29, 1.82) is 0 Å². The fraction of sp³-hybridized carbons (Fsp3) is 0.875. The van der Waals surface area contributed by atoms with Crippen molar-refractivity contribution in [2.24, 2.45) is 17.8 Å². The van der Waals surface area contributed by atoms with E-state index in [1.165, 1.54) is 12.8 Å². The maximum absolute atomic E-state index is 12.3. The minimum atomic E-state index is -0.723. The normalized spacial score (nSPS) is 24.4. The molecule has 1 fully saturated rings. The molecule has 0 radical (unpaired) electrons. The molecule has 1 N–H and O–H groups in total. The number of hydrogen-bond donors (Lipinski definition) is 1. The molecule has 1 aliphatic heterocycles. The Kier molecular flexibility index (Phi) is 7.03. The van der Waals surface area contributed by atoms with Crippen LogP contribution in [0.1, 0.15) is 59.3 Å². The molecule has 4 heteroatoms. The second-order valence-corrected chi connectivity index (χ2v) is 6.17. The zero-order chi connectivity index (χ0) is 15.1. The molecule has 3 atom stereocenters. The molecule has 1 heterocycles. The molecular formula is C16H29NO3. The van der Waals surface area contributed by atoms with Crippen molar-refractivity contribution >= 4 is 11.9 Å². The van der Waals surface area contributed by atoms with Gasteiger partial charge in [-0.2, -0.15) is 0 Å². The van der Waals surface area contributed by atoms with E-state index in [2.05, 4.69) is 13.8 Å². The van der Waals surface area contributed by atoms with E-state index < -0.39 is 5.97 Å². The van der Waals surface area contributed by atoms with Crippen LogP contribution in [0.3, 0.4) is 0 Å². The first-order valence-electron chi connectivity index (χ1n) is 8.00. The van der Waals surface area contributed by atoms with E-state index in [4.69, 9.17) is 5.11 Å². The number of rotatable bonds is 7. The number of carbonyl (C=O) groups excluding carboxylic acids is 1. The summed E-state index contributed by atoms with van der Waals surface area (Å²) >= 11 is 0. The molecule has 1 saturated heterocycles. The fourth-order valence-corrected chi connectivity index (χ4v) is 3.06. The number of unbranched alkanes of at least 4 members (excludes halogenated alkanes) is 1. The summed E-state index contributed by atoms with van der Waals surface area (Å²) in [6, 6.07) is 0. The van der Waals surface area contributed by atoms with E-state index in [9.17, 15) is 9.59 Å². The number of carboxylic acid groups (broad SMARTS) is 1. The lowest BCUT2D eigenvalue weighted by molar-refractivity contribution is -0.148. The summed E-state index contributed by atoms with van der Waals surface area (Å²) in [6.45, 7) is 7.46. The van der Waals surface area contributed by atoms with Crippen molar-refractivity contribution in [3.63, 3.8) is 0 Å². The van der Waals surface area contributed by atoms with E-state index in [1.807, 2.05) is 11.8 Å². The lowest BCUT2D eigenvalue weighted by Gasteiger charge is -2.35. The molecule has 116 valence electrons. The molecule has 0 aromatic heterocycles. The molecule has 1 rings (SSSR count). The standard InChI is InChI=1S/C16H29NO3/c1-4-6-7-13(5-2)10-15(18)17-9-8-14(16(19)20)12(3)11-17/h12-14H,4-11H2,1-3H3,(H,19,20). The van der Waals surface area contributed by atoms with Crippen LogP contribution < -0.4 is 0 Å². The van der Waals surface area contributed by atoms with E-state index in [-0.39, 0.29) is 17.7 Å². The van der Waals surface area contributed by atoms with Crippen LogP contribution in [0.5, 0.6) is 0 Å². The second-order valence-electron chi connectivity index (χ2n) is 6.17. The van der Waals surface area contributed by atoms with Crippen LogP contribution >= 0.6 is 0 Å². The Balaban J connectivity index is 2.46. The smallest absolute Gasteiger partial charge is 0.306 e. The first kappa shape index (κ1) is 17.0. The number of carboxylic acids is 1. The molecule has 0 aromatic carbocycles. The highest BCUT2D eigenvalue weighted by molar-refractivity contribution is 5.77. The largest absolute Gasteiger partial charge is 0.481 e. The van der Waals surface area contributed by atoms with Gasteiger partial charge in [0, 0.05) is 19.5 Å². The lowest BCUT2D eigenvalue weighted by Crippen LogP contribution is -2.45.